The lowest BCUT2D eigenvalue weighted by Crippen LogP contribution is -2.13. The highest BCUT2D eigenvalue weighted by Crippen LogP contribution is 2.21. The van der Waals surface area contributed by atoms with Crippen LogP contribution in [-0.4, -0.2) is 16.1 Å². The molecule has 0 aliphatic carbocycles. The second kappa shape index (κ2) is 5.68. The molecule has 0 saturated carbocycles. The predicted octanol–water partition coefficient (Wildman–Crippen LogP) is 4.19. The van der Waals surface area contributed by atoms with Crippen LogP contribution in [-0.2, 0) is 0 Å². The number of aromatic nitrogens is 2. The molecular formula is C15H9Cl2N3O. The predicted molar refractivity (Wildman–Crippen MR) is 84.0 cm³/mol. The Labute approximate surface area is 130 Å². The van der Waals surface area contributed by atoms with E-state index < -0.39 is 0 Å². The molecule has 6 heteroatoms. The maximum absolute atomic E-state index is 12.2. The quantitative estimate of drug-likeness (QED) is 0.771. The number of carbonyl (C=O) groups is 1. The number of halogens is 2. The lowest BCUT2D eigenvalue weighted by Gasteiger charge is -2.07. The van der Waals surface area contributed by atoms with Gasteiger partial charge in [-0.05, 0) is 29.0 Å². The van der Waals surface area contributed by atoms with Gasteiger partial charge in [-0.25, -0.2) is 0 Å². The minimum Gasteiger partial charge on any atom is -0.322 e. The Kier molecular flexibility index (Phi) is 3.73. The van der Waals surface area contributed by atoms with Crippen LogP contribution in [0.1, 0.15) is 10.4 Å². The molecule has 0 spiro atoms. The number of hydrogen-bond donors (Lipinski definition) is 1. The zero-order valence-corrected chi connectivity index (χ0v) is 12.2. The molecule has 0 bridgehead atoms. The van der Waals surface area contributed by atoms with Crippen molar-refractivity contribution in [2.75, 3.05) is 5.32 Å². The van der Waals surface area contributed by atoms with E-state index in [1.165, 1.54) is 6.07 Å². The normalized spacial score (nSPS) is 10.6. The number of amides is 1. The average molecular weight is 318 g/mol. The first-order valence-electron chi connectivity index (χ1n) is 6.12. The fraction of sp³-hybridized carbons (Fsp3) is 0. The molecule has 0 radical (unpaired) electrons. The van der Waals surface area contributed by atoms with Gasteiger partial charge in [0.1, 0.15) is 0 Å². The molecule has 1 N–H and O–H groups in total. The number of carbonyl (C=O) groups excluding carboxylic acids is 1. The highest BCUT2D eigenvalue weighted by atomic mass is 35.5. The van der Waals surface area contributed by atoms with Crippen molar-refractivity contribution in [2.45, 2.75) is 0 Å². The SMILES string of the molecule is O=C(Nc1ccc2ccccc2c1)c1cc(Cl)nnc1Cl. The molecule has 21 heavy (non-hydrogen) atoms. The van der Waals surface area contributed by atoms with Crippen molar-refractivity contribution in [1.29, 1.82) is 0 Å². The van der Waals surface area contributed by atoms with E-state index in [2.05, 4.69) is 15.5 Å². The number of hydrogen-bond acceptors (Lipinski definition) is 3. The molecule has 4 nitrogen and oxygen atoms in total. The lowest BCUT2D eigenvalue weighted by molar-refractivity contribution is 0.102. The molecular weight excluding hydrogens is 309 g/mol. The first-order valence-corrected chi connectivity index (χ1v) is 6.88. The second-order valence-electron chi connectivity index (χ2n) is 4.39. The van der Waals surface area contributed by atoms with E-state index in [9.17, 15) is 4.79 Å². The van der Waals surface area contributed by atoms with Gasteiger partial charge in [0.15, 0.2) is 10.3 Å². The van der Waals surface area contributed by atoms with Crippen molar-refractivity contribution in [3.05, 3.63) is 64.4 Å². The van der Waals surface area contributed by atoms with Crippen LogP contribution in [0, 0.1) is 0 Å². The third-order valence-electron chi connectivity index (χ3n) is 2.97. The standard InChI is InChI=1S/C15H9Cl2N3O/c16-13-8-12(14(17)20-19-13)15(21)18-11-6-5-9-3-1-2-4-10(9)7-11/h1-8H,(H,18,21). The van der Waals surface area contributed by atoms with Crippen LogP contribution in [0.4, 0.5) is 5.69 Å². The topological polar surface area (TPSA) is 54.9 Å². The average Bonchev–Trinajstić information content (AvgIpc) is 2.49. The summed E-state index contributed by atoms with van der Waals surface area (Å²) in [6, 6.07) is 14.9. The number of benzene rings is 2. The van der Waals surface area contributed by atoms with E-state index in [0.29, 0.717) is 5.69 Å². The van der Waals surface area contributed by atoms with Gasteiger partial charge in [0.2, 0.25) is 0 Å². The summed E-state index contributed by atoms with van der Waals surface area (Å²) in [7, 11) is 0. The van der Waals surface area contributed by atoms with Gasteiger partial charge in [0.05, 0.1) is 5.56 Å². The third-order valence-corrected chi connectivity index (χ3v) is 3.43. The van der Waals surface area contributed by atoms with Crippen LogP contribution >= 0.6 is 23.2 Å². The molecule has 2 aromatic carbocycles. The highest BCUT2D eigenvalue weighted by Gasteiger charge is 2.13. The summed E-state index contributed by atoms with van der Waals surface area (Å²) >= 11 is 11.6. The number of nitrogens with zero attached hydrogens (tertiary/aromatic N) is 2. The molecule has 0 fully saturated rings. The van der Waals surface area contributed by atoms with Crippen LogP contribution in [0.5, 0.6) is 0 Å². The van der Waals surface area contributed by atoms with E-state index >= 15 is 0 Å². The van der Waals surface area contributed by atoms with E-state index in [1.807, 2.05) is 42.5 Å². The van der Waals surface area contributed by atoms with Gasteiger partial charge in [-0.15, -0.1) is 10.2 Å². The van der Waals surface area contributed by atoms with Gasteiger partial charge in [0.25, 0.3) is 5.91 Å². The summed E-state index contributed by atoms with van der Waals surface area (Å²) in [6.45, 7) is 0. The van der Waals surface area contributed by atoms with Gasteiger partial charge in [0, 0.05) is 5.69 Å². The van der Waals surface area contributed by atoms with Crippen LogP contribution in [0.3, 0.4) is 0 Å². The molecule has 0 aliphatic rings. The van der Waals surface area contributed by atoms with Crippen molar-refractivity contribution >= 4 is 45.6 Å². The van der Waals surface area contributed by atoms with Crippen molar-refractivity contribution < 1.29 is 4.79 Å². The fourth-order valence-electron chi connectivity index (χ4n) is 1.98. The second-order valence-corrected chi connectivity index (χ2v) is 5.13. The van der Waals surface area contributed by atoms with Crippen molar-refractivity contribution in [1.82, 2.24) is 10.2 Å². The van der Waals surface area contributed by atoms with Gasteiger partial charge in [-0.2, -0.15) is 0 Å². The van der Waals surface area contributed by atoms with Crippen molar-refractivity contribution in [2.24, 2.45) is 0 Å². The van der Waals surface area contributed by atoms with Crippen LogP contribution in [0.25, 0.3) is 10.8 Å². The molecule has 0 aliphatic heterocycles. The molecule has 1 aromatic heterocycles. The molecule has 3 aromatic rings. The summed E-state index contributed by atoms with van der Waals surface area (Å²) in [5.74, 6) is -0.382. The Hall–Kier alpha value is -2.17. The van der Waals surface area contributed by atoms with E-state index in [0.717, 1.165) is 10.8 Å². The summed E-state index contributed by atoms with van der Waals surface area (Å²) < 4.78 is 0. The van der Waals surface area contributed by atoms with E-state index in [1.54, 1.807) is 0 Å². The molecule has 1 heterocycles. The molecule has 0 unspecified atom stereocenters. The smallest absolute Gasteiger partial charge is 0.258 e. The number of fused-ring (bicyclic) bond motifs is 1. The Bertz CT molecular complexity index is 836. The molecule has 3 rings (SSSR count). The monoisotopic (exact) mass is 317 g/mol. The Morgan fingerprint density at radius 2 is 1.71 bits per heavy atom. The molecule has 0 saturated heterocycles. The largest absolute Gasteiger partial charge is 0.322 e. The highest BCUT2D eigenvalue weighted by molar-refractivity contribution is 6.34. The van der Waals surface area contributed by atoms with Gasteiger partial charge in [-0.1, -0.05) is 53.5 Å². The van der Waals surface area contributed by atoms with Gasteiger partial charge in [-0.3, -0.25) is 4.79 Å². The third kappa shape index (κ3) is 2.96. The minimum atomic E-state index is -0.382. The van der Waals surface area contributed by atoms with E-state index in [-0.39, 0.29) is 21.8 Å². The first kappa shape index (κ1) is 13.8. The molecule has 0 atom stereocenters. The molecule has 104 valence electrons. The van der Waals surface area contributed by atoms with Crippen LogP contribution < -0.4 is 5.32 Å². The summed E-state index contributed by atoms with van der Waals surface area (Å²) in [6.07, 6.45) is 0. The number of nitrogens with one attached hydrogen (secondary N) is 1. The Morgan fingerprint density at radius 1 is 0.952 bits per heavy atom. The Balaban J connectivity index is 1.90. The van der Waals surface area contributed by atoms with Crippen LogP contribution in [0.15, 0.2) is 48.5 Å². The Morgan fingerprint density at radius 3 is 2.52 bits per heavy atom. The summed E-state index contributed by atoms with van der Waals surface area (Å²) in [4.78, 5) is 12.2. The maximum atomic E-state index is 12.2. The minimum absolute atomic E-state index is 0.0117. The number of anilines is 1. The van der Waals surface area contributed by atoms with Gasteiger partial charge < -0.3 is 5.32 Å². The van der Waals surface area contributed by atoms with E-state index in [4.69, 9.17) is 23.2 Å². The first-order chi connectivity index (χ1) is 10.1. The zero-order valence-electron chi connectivity index (χ0n) is 10.7. The fourth-order valence-corrected chi connectivity index (χ4v) is 2.30. The lowest BCUT2D eigenvalue weighted by atomic mass is 10.1. The zero-order chi connectivity index (χ0) is 14.8. The van der Waals surface area contributed by atoms with Crippen molar-refractivity contribution in [3.8, 4) is 0 Å². The summed E-state index contributed by atoms with van der Waals surface area (Å²) in [5, 5.41) is 12.2. The summed E-state index contributed by atoms with van der Waals surface area (Å²) in [5.41, 5.74) is 0.854. The van der Waals surface area contributed by atoms with Crippen LogP contribution in [0.2, 0.25) is 10.3 Å². The van der Waals surface area contributed by atoms with Gasteiger partial charge >= 0.3 is 0 Å². The maximum Gasteiger partial charge on any atom is 0.258 e. The number of rotatable bonds is 2. The molecule has 1 amide bonds. The van der Waals surface area contributed by atoms with Crippen molar-refractivity contribution in [3.63, 3.8) is 0 Å².